The predicted molar refractivity (Wildman–Crippen MR) is 95.2 cm³/mol. The van der Waals surface area contributed by atoms with Gasteiger partial charge in [0, 0.05) is 44.2 Å². The van der Waals surface area contributed by atoms with Crippen LogP contribution in [0, 0.1) is 0 Å². The predicted octanol–water partition coefficient (Wildman–Crippen LogP) is 3.37. The second-order valence-electron chi connectivity index (χ2n) is 5.90. The highest BCUT2D eigenvalue weighted by Gasteiger charge is 2.09. The summed E-state index contributed by atoms with van der Waals surface area (Å²) in [4.78, 5) is 2.50. The van der Waals surface area contributed by atoms with Crippen molar-refractivity contribution in [3.8, 4) is 5.75 Å². The molecule has 1 heterocycles. The molecule has 0 unspecified atom stereocenters. The Hall–Kier alpha value is -1.55. The summed E-state index contributed by atoms with van der Waals surface area (Å²) in [5.41, 5.74) is 2.69. The van der Waals surface area contributed by atoms with Gasteiger partial charge in [0.2, 0.25) is 0 Å². The minimum Gasteiger partial charge on any atom is -0.493 e. The van der Waals surface area contributed by atoms with Gasteiger partial charge < -0.3 is 10.1 Å². The van der Waals surface area contributed by atoms with Crippen LogP contribution in [0.4, 0.5) is 0 Å². The Morgan fingerprint density at radius 2 is 1.57 bits per heavy atom. The van der Waals surface area contributed by atoms with Gasteiger partial charge in [-0.15, -0.1) is 0 Å². The van der Waals surface area contributed by atoms with E-state index in [1.165, 1.54) is 11.1 Å². The van der Waals surface area contributed by atoms with Crippen molar-refractivity contribution >= 4 is 11.6 Å². The number of benzene rings is 2. The van der Waals surface area contributed by atoms with Gasteiger partial charge in [0.25, 0.3) is 0 Å². The fourth-order valence-electron chi connectivity index (χ4n) is 2.76. The van der Waals surface area contributed by atoms with Crippen molar-refractivity contribution in [2.45, 2.75) is 13.0 Å². The summed E-state index contributed by atoms with van der Waals surface area (Å²) in [6, 6.07) is 16.4. The highest BCUT2D eigenvalue weighted by Crippen LogP contribution is 2.16. The highest BCUT2D eigenvalue weighted by atomic mass is 35.5. The van der Waals surface area contributed by atoms with Crippen molar-refractivity contribution < 1.29 is 4.74 Å². The van der Waals surface area contributed by atoms with Crippen LogP contribution in [-0.4, -0.2) is 37.7 Å². The Kier molecular flexibility index (Phi) is 5.92. The lowest BCUT2D eigenvalue weighted by Gasteiger charge is -2.27. The summed E-state index contributed by atoms with van der Waals surface area (Å²) in [7, 11) is 0. The molecule has 1 saturated heterocycles. The first-order valence-corrected chi connectivity index (χ1v) is 8.57. The molecule has 23 heavy (non-hydrogen) atoms. The molecule has 0 aromatic heterocycles. The van der Waals surface area contributed by atoms with E-state index >= 15 is 0 Å². The van der Waals surface area contributed by atoms with Crippen LogP contribution >= 0.6 is 11.6 Å². The van der Waals surface area contributed by atoms with E-state index < -0.39 is 0 Å². The maximum absolute atomic E-state index is 5.86. The molecule has 1 N–H and O–H groups in total. The second-order valence-corrected chi connectivity index (χ2v) is 6.33. The van der Waals surface area contributed by atoms with Crippen molar-refractivity contribution in [3.05, 3.63) is 64.7 Å². The minimum atomic E-state index is 0.679. The standard InChI is InChI=1S/C19H23ClN2O/c20-18-5-7-19(8-6-18)23-14-9-16-1-3-17(4-2-16)15-22-12-10-21-11-13-22/h1-8,21H,9-15H2. The lowest BCUT2D eigenvalue weighted by Crippen LogP contribution is -2.42. The molecule has 2 aromatic carbocycles. The van der Waals surface area contributed by atoms with Gasteiger partial charge in [-0.3, -0.25) is 4.90 Å². The van der Waals surface area contributed by atoms with Crippen LogP contribution in [-0.2, 0) is 13.0 Å². The van der Waals surface area contributed by atoms with Gasteiger partial charge in [0.15, 0.2) is 0 Å². The fraction of sp³-hybridized carbons (Fsp3) is 0.368. The Bertz CT molecular complexity index is 592. The first-order chi connectivity index (χ1) is 11.3. The molecule has 3 nitrogen and oxygen atoms in total. The molecule has 0 bridgehead atoms. The SMILES string of the molecule is Clc1ccc(OCCc2ccc(CN3CCNCC3)cc2)cc1. The molecular weight excluding hydrogens is 308 g/mol. The van der Waals surface area contributed by atoms with Crippen molar-refractivity contribution in [2.24, 2.45) is 0 Å². The number of hydrogen-bond donors (Lipinski definition) is 1. The summed E-state index contributed by atoms with van der Waals surface area (Å²) >= 11 is 5.86. The molecule has 0 spiro atoms. The lowest BCUT2D eigenvalue weighted by molar-refractivity contribution is 0.233. The van der Waals surface area contributed by atoms with Gasteiger partial charge in [-0.05, 0) is 35.4 Å². The molecule has 4 heteroatoms. The third kappa shape index (κ3) is 5.24. The van der Waals surface area contributed by atoms with Gasteiger partial charge >= 0.3 is 0 Å². The van der Waals surface area contributed by atoms with Crippen LogP contribution in [0.15, 0.2) is 48.5 Å². The van der Waals surface area contributed by atoms with E-state index in [1.54, 1.807) is 0 Å². The normalized spacial score (nSPS) is 15.5. The van der Waals surface area contributed by atoms with Gasteiger partial charge in [0.1, 0.15) is 5.75 Å². The molecule has 0 aliphatic carbocycles. The Morgan fingerprint density at radius 3 is 2.26 bits per heavy atom. The van der Waals surface area contributed by atoms with E-state index in [2.05, 4.69) is 34.5 Å². The second kappa shape index (κ2) is 8.34. The van der Waals surface area contributed by atoms with Crippen LogP contribution in [0.2, 0.25) is 5.02 Å². The zero-order chi connectivity index (χ0) is 15.9. The molecule has 1 aliphatic heterocycles. The van der Waals surface area contributed by atoms with E-state index in [4.69, 9.17) is 16.3 Å². The summed E-state index contributed by atoms with van der Waals surface area (Å²) in [6.45, 7) is 6.19. The molecule has 2 aromatic rings. The zero-order valence-electron chi connectivity index (χ0n) is 13.3. The maximum Gasteiger partial charge on any atom is 0.119 e. The monoisotopic (exact) mass is 330 g/mol. The average molecular weight is 331 g/mol. The van der Waals surface area contributed by atoms with Gasteiger partial charge in [-0.1, -0.05) is 35.9 Å². The van der Waals surface area contributed by atoms with Gasteiger partial charge in [0.05, 0.1) is 6.61 Å². The number of hydrogen-bond acceptors (Lipinski definition) is 3. The van der Waals surface area contributed by atoms with Crippen molar-refractivity contribution in [2.75, 3.05) is 32.8 Å². The Labute approximate surface area is 143 Å². The van der Waals surface area contributed by atoms with Crippen LogP contribution < -0.4 is 10.1 Å². The number of nitrogens with one attached hydrogen (secondary N) is 1. The quantitative estimate of drug-likeness (QED) is 0.879. The van der Waals surface area contributed by atoms with E-state index in [0.717, 1.165) is 49.9 Å². The van der Waals surface area contributed by atoms with Crippen LogP contribution in [0.5, 0.6) is 5.75 Å². The maximum atomic E-state index is 5.86. The summed E-state index contributed by atoms with van der Waals surface area (Å²) in [5, 5.41) is 4.12. The molecule has 122 valence electrons. The first-order valence-electron chi connectivity index (χ1n) is 8.19. The molecular formula is C19H23ClN2O. The summed E-state index contributed by atoms with van der Waals surface area (Å²) in [6.07, 6.45) is 0.913. The Balaban J connectivity index is 1.44. The van der Waals surface area contributed by atoms with E-state index in [-0.39, 0.29) is 0 Å². The average Bonchev–Trinajstić information content (AvgIpc) is 2.59. The number of piperazine rings is 1. The van der Waals surface area contributed by atoms with E-state index in [0.29, 0.717) is 6.61 Å². The van der Waals surface area contributed by atoms with Crippen molar-refractivity contribution in [3.63, 3.8) is 0 Å². The van der Waals surface area contributed by atoms with E-state index in [1.807, 2.05) is 24.3 Å². The fourth-order valence-corrected chi connectivity index (χ4v) is 2.88. The number of nitrogens with zero attached hydrogens (tertiary/aromatic N) is 1. The van der Waals surface area contributed by atoms with Gasteiger partial charge in [-0.2, -0.15) is 0 Å². The number of halogens is 1. The number of ether oxygens (including phenoxy) is 1. The molecule has 0 saturated carbocycles. The molecule has 1 aliphatic rings. The molecule has 0 atom stereocenters. The molecule has 3 rings (SSSR count). The zero-order valence-corrected chi connectivity index (χ0v) is 14.1. The topological polar surface area (TPSA) is 24.5 Å². The third-order valence-corrected chi connectivity index (χ3v) is 4.36. The third-order valence-electron chi connectivity index (χ3n) is 4.11. The smallest absolute Gasteiger partial charge is 0.119 e. The molecule has 0 amide bonds. The lowest BCUT2D eigenvalue weighted by atomic mass is 10.1. The molecule has 1 fully saturated rings. The van der Waals surface area contributed by atoms with Crippen molar-refractivity contribution in [1.82, 2.24) is 10.2 Å². The first kappa shape index (κ1) is 16.3. The number of rotatable bonds is 6. The minimum absolute atomic E-state index is 0.679. The van der Waals surface area contributed by atoms with Crippen molar-refractivity contribution in [1.29, 1.82) is 0 Å². The summed E-state index contributed by atoms with van der Waals surface area (Å²) in [5.74, 6) is 0.865. The molecule has 0 radical (unpaired) electrons. The van der Waals surface area contributed by atoms with E-state index in [9.17, 15) is 0 Å². The largest absolute Gasteiger partial charge is 0.493 e. The summed E-state index contributed by atoms with van der Waals surface area (Å²) < 4.78 is 5.74. The highest BCUT2D eigenvalue weighted by molar-refractivity contribution is 6.30. The van der Waals surface area contributed by atoms with Gasteiger partial charge in [-0.25, -0.2) is 0 Å². The van der Waals surface area contributed by atoms with Crippen LogP contribution in [0.1, 0.15) is 11.1 Å². The Morgan fingerprint density at radius 1 is 0.913 bits per heavy atom. The van der Waals surface area contributed by atoms with Crippen LogP contribution in [0.25, 0.3) is 0 Å². The van der Waals surface area contributed by atoms with Crippen LogP contribution in [0.3, 0.4) is 0 Å².